The molecule has 34 heavy (non-hydrogen) atoms. The van der Waals surface area contributed by atoms with Crippen molar-refractivity contribution >= 4 is 11.9 Å². The molecular formula is C28H56N2O4. The maximum atomic E-state index is 11.9. The summed E-state index contributed by atoms with van der Waals surface area (Å²) in [6.07, 6.45) is 18.5. The minimum Gasteiger partial charge on any atom is -0.466 e. The molecule has 0 aliphatic rings. The van der Waals surface area contributed by atoms with Gasteiger partial charge in [0.15, 0.2) is 0 Å². The lowest BCUT2D eigenvalue weighted by Gasteiger charge is -2.22. The second kappa shape index (κ2) is 26.5. The van der Waals surface area contributed by atoms with Crippen LogP contribution in [0.25, 0.3) is 0 Å². The first-order valence-electron chi connectivity index (χ1n) is 14.4. The molecule has 0 saturated carbocycles. The van der Waals surface area contributed by atoms with E-state index >= 15 is 0 Å². The van der Waals surface area contributed by atoms with E-state index in [1.807, 2.05) is 0 Å². The number of carbonyl (C=O) groups is 2. The van der Waals surface area contributed by atoms with Crippen molar-refractivity contribution in [1.82, 2.24) is 4.90 Å². The number of hydrogen-bond donors (Lipinski definition) is 1. The van der Waals surface area contributed by atoms with Gasteiger partial charge in [0.1, 0.15) is 0 Å². The highest BCUT2D eigenvalue weighted by Crippen LogP contribution is 2.09. The van der Waals surface area contributed by atoms with Gasteiger partial charge in [0.05, 0.1) is 13.2 Å². The Bertz CT molecular complexity index is 426. The molecule has 0 aromatic heterocycles. The summed E-state index contributed by atoms with van der Waals surface area (Å²) in [7, 11) is 0. The molecule has 0 aromatic rings. The van der Waals surface area contributed by atoms with E-state index in [0.29, 0.717) is 26.1 Å². The number of nitrogens with zero attached hydrogens (tertiary/aromatic N) is 1. The van der Waals surface area contributed by atoms with Crippen LogP contribution in [0.2, 0.25) is 0 Å². The summed E-state index contributed by atoms with van der Waals surface area (Å²) in [5.74, 6) is -0.115. The molecule has 0 fully saturated rings. The van der Waals surface area contributed by atoms with Gasteiger partial charge in [0.25, 0.3) is 0 Å². The van der Waals surface area contributed by atoms with Gasteiger partial charge in [-0.15, -0.1) is 0 Å². The van der Waals surface area contributed by atoms with Crippen LogP contribution < -0.4 is 5.73 Å². The minimum absolute atomic E-state index is 0.0574. The Balaban J connectivity index is 4.02. The average Bonchev–Trinajstić information content (AvgIpc) is 2.83. The number of nitrogens with two attached hydrogens (primary N) is 1. The summed E-state index contributed by atoms with van der Waals surface area (Å²) in [5.41, 5.74) is 5.60. The van der Waals surface area contributed by atoms with Gasteiger partial charge in [-0.2, -0.15) is 0 Å². The largest absolute Gasteiger partial charge is 0.466 e. The van der Waals surface area contributed by atoms with Crippen molar-refractivity contribution in [2.24, 2.45) is 5.73 Å². The molecule has 6 nitrogen and oxygen atoms in total. The number of ether oxygens (including phenoxy) is 2. The van der Waals surface area contributed by atoms with Gasteiger partial charge in [-0.1, -0.05) is 65.2 Å². The second-order valence-corrected chi connectivity index (χ2v) is 9.52. The third-order valence-corrected chi connectivity index (χ3v) is 6.16. The Morgan fingerprint density at radius 1 is 0.559 bits per heavy atom. The quantitative estimate of drug-likeness (QED) is 0.113. The fourth-order valence-electron chi connectivity index (χ4n) is 3.95. The zero-order valence-electron chi connectivity index (χ0n) is 22.6. The molecule has 0 heterocycles. The van der Waals surface area contributed by atoms with Gasteiger partial charge in [0, 0.05) is 12.8 Å². The molecule has 0 atom stereocenters. The van der Waals surface area contributed by atoms with E-state index in [9.17, 15) is 9.59 Å². The third-order valence-electron chi connectivity index (χ3n) is 6.16. The molecule has 2 N–H and O–H groups in total. The van der Waals surface area contributed by atoms with Gasteiger partial charge in [-0.3, -0.25) is 9.59 Å². The van der Waals surface area contributed by atoms with Crippen LogP contribution in [-0.2, 0) is 19.1 Å². The van der Waals surface area contributed by atoms with E-state index in [0.717, 1.165) is 84.0 Å². The van der Waals surface area contributed by atoms with E-state index in [1.54, 1.807) is 0 Å². The SMILES string of the molecule is CCCCCCOC(=O)CCCCN(CCCCCCN)CCCCC(=O)OCCCCCC. The highest BCUT2D eigenvalue weighted by molar-refractivity contribution is 5.69. The molecule has 0 aliphatic heterocycles. The monoisotopic (exact) mass is 484 g/mol. The van der Waals surface area contributed by atoms with Crippen LogP contribution in [0.15, 0.2) is 0 Å². The summed E-state index contributed by atoms with van der Waals surface area (Å²) >= 11 is 0. The van der Waals surface area contributed by atoms with E-state index in [2.05, 4.69) is 18.7 Å². The fraction of sp³-hybridized carbons (Fsp3) is 0.929. The molecule has 0 bridgehead atoms. The van der Waals surface area contributed by atoms with Crippen molar-refractivity contribution in [3.63, 3.8) is 0 Å². The number of rotatable bonds is 26. The number of hydrogen-bond acceptors (Lipinski definition) is 6. The van der Waals surface area contributed by atoms with Gasteiger partial charge >= 0.3 is 11.9 Å². The summed E-state index contributed by atoms with van der Waals surface area (Å²) in [5, 5.41) is 0. The lowest BCUT2D eigenvalue weighted by molar-refractivity contribution is -0.144. The van der Waals surface area contributed by atoms with Crippen LogP contribution in [0, 0.1) is 0 Å². The van der Waals surface area contributed by atoms with Crippen molar-refractivity contribution in [3.8, 4) is 0 Å². The number of carbonyl (C=O) groups excluding carboxylic acids is 2. The summed E-state index contributed by atoms with van der Waals surface area (Å²) in [4.78, 5) is 26.3. The van der Waals surface area contributed by atoms with Crippen LogP contribution in [0.3, 0.4) is 0 Å². The third kappa shape index (κ3) is 24.0. The van der Waals surface area contributed by atoms with Gasteiger partial charge in [-0.05, 0) is 77.5 Å². The predicted octanol–water partition coefficient (Wildman–Crippen LogP) is 6.40. The first-order valence-corrected chi connectivity index (χ1v) is 14.4. The molecule has 0 spiro atoms. The van der Waals surface area contributed by atoms with E-state index in [-0.39, 0.29) is 11.9 Å². The van der Waals surface area contributed by atoms with Crippen LogP contribution in [-0.4, -0.2) is 56.2 Å². The topological polar surface area (TPSA) is 81.9 Å². The van der Waals surface area contributed by atoms with Crippen molar-refractivity contribution in [3.05, 3.63) is 0 Å². The molecule has 0 unspecified atom stereocenters. The predicted molar refractivity (Wildman–Crippen MR) is 142 cm³/mol. The first-order chi connectivity index (χ1) is 16.6. The number of unbranched alkanes of at least 4 members (excludes halogenated alkanes) is 11. The van der Waals surface area contributed by atoms with Crippen LogP contribution in [0.1, 0.15) is 129 Å². The van der Waals surface area contributed by atoms with Crippen LogP contribution >= 0.6 is 0 Å². The standard InChI is InChI=1S/C28H56N2O4/c1-3-5-7-17-25-33-27(31)19-11-15-23-30(22-14-10-9-13-21-29)24-16-12-20-28(32)34-26-18-8-6-4-2/h3-26,29H2,1-2H3. The summed E-state index contributed by atoms with van der Waals surface area (Å²) in [6, 6.07) is 0. The van der Waals surface area contributed by atoms with Gasteiger partial charge in [-0.25, -0.2) is 0 Å². The smallest absolute Gasteiger partial charge is 0.305 e. The number of esters is 2. The Morgan fingerprint density at radius 3 is 1.41 bits per heavy atom. The highest BCUT2D eigenvalue weighted by atomic mass is 16.5. The molecule has 0 aromatic carbocycles. The first kappa shape index (κ1) is 32.9. The lowest BCUT2D eigenvalue weighted by atomic mass is 10.1. The average molecular weight is 485 g/mol. The normalized spacial score (nSPS) is 11.2. The maximum Gasteiger partial charge on any atom is 0.305 e. The molecule has 0 rings (SSSR count). The lowest BCUT2D eigenvalue weighted by Crippen LogP contribution is -2.27. The Labute approximate surface area is 210 Å². The Hall–Kier alpha value is -1.14. The van der Waals surface area contributed by atoms with Crippen molar-refractivity contribution in [1.29, 1.82) is 0 Å². The summed E-state index contributed by atoms with van der Waals surface area (Å²) < 4.78 is 10.7. The summed E-state index contributed by atoms with van der Waals surface area (Å²) in [6.45, 7) is 9.34. The molecular weight excluding hydrogens is 428 g/mol. The van der Waals surface area contributed by atoms with Crippen molar-refractivity contribution in [2.75, 3.05) is 39.4 Å². The van der Waals surface area contributed by atoms with E-state index in [1.165, 1.54) is 44.9 Å². The molecule has 202 valence electrons. The Kier molecular flexibility index (Phi) is 25.6. The molecule has 0 radical (unpaired) electrons. The van der Waals surface area contributed by atoms with Crippen LogP contribution in [0.4, 0.5) is 0 Å². The second-order valence-electron chi connectivity index (χ2n) is 9.52. The molecule has 0 saturated heterocycles. The van der Waals surface area contributed by atoms with E-state index < -0.39 is 0 Å². The van der Waals surface area contributed by atoms with Gasteiger partial charge < -0.3 is 20.1 Å². The zero-order chi connectivity index (χ0) is 25.1. The van der Waals surface area contributed by atoms with Crippen molar-refractivity contribution in [2.45, 2.75) is 129 Å². The maximum absolute atomic E-state index is 11.9. The van der Waals surface area contributed by atoms with Crippen LogP contribution in [0.5, 0.6) is 0 Å². The van der Waals surface area contributed by atoms with Crippen molar-refractivity contribution < 1.29 is 19.1 Å². The van der Waals surface area contributed by atoms with Gasteiger partial charge in [0.2, 0.25) is 0 Å². The van der Waals surface area contributed by atoms with E-state index in [4.69, 9.17) is 15.2 Å². The minimum atomic E-state index is -0.0574. The molecule has 0 aliphatic carbocycles. The zero-order valence-corrected chi connectivity index (χ0v) is 22.6. The fourth-order valence-corrected chi connectivity index (χ4v) is 3.95. The molecule has 0 amide bonds. The Morgan fingerprint density at radius 2 is 0.971 bits per heavy atom. The molecule has 6 heteroatoms. The highest BCUT2D eigenvalue weighted by Gasteiger charge is 2.08.